The molecule has 0 bridgehead atoms. The normalized spacial score (nSPS) is 17.8. The van der Waals surface area contributed by atoms with Crippen LogP contribution in [0.4, 0.5) is 4.39 Å². The number of oxime groups is 1. The molecule has 0 spiro atoms. The van der Waals surface area contributed by atoms with Gasteiger partial charge in [-0.05, 0) is 29.8 Å². The van der Waals surface area contributed by atoms with Crippen molar-refractivity contribution >= 4 is 11.6 Å². The second kappa shape index (κ2) is 6.43. The molecule has 2 heterocycles. The topological polar surface area (TPSA) is 69.2 Å². The van der Waals surface area contributed by atoms with E-state index >= 15 is 0 Å². The number of halogens is 1. The van der Waals surface area contributed by atoms with E-state index < -0.39 is 6.10 Å². The highest BCUT2D eigenvalue weighted by molar-refractivity contribution is 6.04. The van der Waals surface area contributed by atoms with Crippen molar-refractivity contribution in [2.24, 2.45) is 5.16 Å². The lowest BCUT2D eigenvalue weighted by atomic mass is 10.0. The van der Waals surface area contributed by atoms with Gasteiger partial charge >= 0.3 is 0 Å². The Kier molecular flexibility index (Phi) is 3.97. The summed E-state index contributed by atoms with van der Waals surface area (Å²) in [7, 11) is 0. The van der Waals surface area contributed by atoms with E-state index in [-0.39, 0.29) is 18.5 Å². The third-order valence-electron chi connectivity index (χ3n) is 4.02. The van der Waals surface area contributed by atoms with Gasteiger partial charge in [-0.3, -0.25) is 4.79 Å². The van der Waals surface area contributed by atoms with Crippen molar-refractivity contribution in [1.29, 1.82) is 0 Å². The first-order valence-corrected chi connectivity index (χ1v) is 7.84. The quantitative estimate of drug-likeness (QED) is 0.926. The Morgan fingerprint density at radius 2 is 2.08 bits per heavy atom. The first kappa shape index (κ1) is 15.4. The molecule has 0 saturated heterocycles. The number of hydrogen-bond acceptors (Lipinski definition) is 5. The average Bonchev–Trinajstić information content (AvgIpc) is 3.28. The molecule has 2 aliphatic heterocycles. The van der Waals surface area contributed by atoms with Gasteiger partial charge in [-0.2, -0.15) is 0 Å². The highest BCUT2D eigenvalue weighted by atomic mass is 19.1. The number of carbonyl (C=O) groups is 1. The molecule has 1 atom stereocenters. The molecule has 0 radical (unpaired) electrons. The average molecular weight is 342 g/mol. The van der Waals surface area contributed by atoms with E-state index in [0.717, 1.165) is 5.56 Å². The summed E-state index contributed by atoms with van der Waals surface area (Å²) in [5.74, 6) is 0.742. The van der Waals surface area contributed by atoms with Gasteiger partial charge in [0.15, 0.2) is 11.5 Å². The van der Waals surface area contributed by atoms with Crippen molar-refractivity contribution in [3.8, 4) is 11.5 Å². The molecule has 7 heteroatoms. The molecular weight excluding hydrogens is 327 g/mol. The number of ether oxygens (including phenoxy) is 2. The first-order valence-electron chi connectivity index (χ1n) is 7.84. The van der Waals surface area contributed by atoms with Crippen LogP contribution in [0.5, 0.6) is 11.5 Å². The Morgan fingerprint density at radius 3 is 2.96 bits per heavy atom. The van der Waals surface area contributed by atoms with Crippen molar-refractivity contribution in [2.45, 2.75) is 19.1 Å². The molecule has 2 aromatic carbocycles. The van der Waals surface area contributed by atoms with Gasteiger partial charge in [0, 0.05) is 18.5 Å². The number of nitrogens with one attached hydrogen (secondary N) is 1. The van der Waals surface area contributed by atoms with E-state index in [4.69, 9.17) is 14.3 Å². The van der Waals surface area contributed by atoms with Crippen molar-refractivity contribution < 1.29 is 23.5 Å². The molecule has 0 fully saturated rings. The van der Waals surface area contributed by atoms with E-state index in [0.29, 0.717) is 35.7 Å². The standard InChI is InChI=1S/C18H15FN2O4/c19-13-3-1-2-12(7-13)14-8-17(25-21-14)18(22)20-9-11-4-5-15-16(6-11)24-10-23-15/h1-7,17H,8-10H2,(H,20,22)/t17-/m0/s1. The predicted molar refractivity (Wildman–Crippen MR) is 86.8 cm³/mol. The Hall–Kier alpha value is -3.09. The summed E-state index contributed by atoms with van der Waals surface area (Å²) in [6.07, 6.45) is -0.413. The minimum atomic E-state index is -0.715. The van der Waals surface area contributed by atoms with E-state index in [1.165, 1.54) is 12.1 Å². The van der Waals surface area contributed by atoms with E-state index in [9.17, 15) is 9.18 Å². The highest BCUT2D eigenvalue weighted by Crippen LogP contribution is 2.32. The number of rotatable bonds is 4. The van der Waals surface area contributed by atoms with Crippen LogP contribution in [0.1, 0.15) is 17.5 Å². The molecule has 0 aromatic heterocycles. The van der Waals surface area contributed by atoms with Crippen molar-refractivity contribution in [3.05, 3.63) is 59.4 Å². The molecule has 4 rings (SSSR count). The molecule has 25 heavy (non-hydrogen) atoms. The van der Waals surface area contributed by atoms with Crippen LogP contribution in [0, 0.1) is 5.82 Å². The summed E-state index contributed by atoms with van der Waals surface area (Å²) in [5, 5.41) is 6.71. The fourth-order valence-electron chi connectivity index (χ4n) is 2.71. The maximum Gasteiger partial charge on any atom is 0.264 e. The highest BCUT2D eigenvalue weighted by Gasteiger charge is 2.28. The third-order valence-corrected chi connectivity index (χ3v) is 4.02. The summed E-state index contributed by atoms with van der Waals surface area (Å²) in [6, 6.07) is 11.6. The van der Waals surface area contributed by atoms with Crippen LogP contribution in [-0.4, -0.2) is 24.5 Å². The zero-order valence-electron chi connectivity index (χ0n) is 13.2. The van der Waals surface area contributed by atoms with Crippen LogP contribution in [-0.2, 0) is 16.2 Å². The van der Waals surface area contributed by atoms with Crippen LogP contribution >= 0.6 is 0 Å². The Bertz CT molecular complexity index is 853. The van der Waals surface area contributed by atoms with Crippen LogP contribution in [0.3, 0.4) is 0 Å². The molecule has 2 aliphatic rings. The monoisotopic (exact) mass is 342 g/mol. The molecule has 0 unspecified atom stereocenters. The fourth-order valence-corrected chi connectivity index (χ4v) is 2.71. The summed E-state index contributed by atoms with van der Waals surface area (Å²) in [5.41, 5.74) is 2.07. The molecule has 1 amide bonds. The lowest BCUT2D eigenvalue weighted by molar-refractivity contribution is -0.131. The number of benzene rings is 2. The Morgan fingerprint density at radius 1 is 1.20 bits per heavy atom. The molecule has 1 N–H and O–H groups in total. The van der Waals surface area contributed by atoms with Gasteiger partial charge in [-0.25, -0.2) is 4.39 Å². The van der Waals surface area contributed by atoms with Gasteiger partial charge in [0.2, 0.25) is 12.9 Å². The van der Waals surface area contributed by atoms with Crippen molar-refractivity contribution in [2.75, 3.05) is 6.79 Å². The van der Waals surface area contributed by atoms with Gasteiger partial charge in [-0.15, -0.1) is 0 Å². The van der Waals surface area contributed by atoms with Gasteiger partial charge in [0.25, 0.3) is 5.91 Å². The zero-order valence-corrected chi connectivity index (χ0v) is 13.2. The second-order valence-corrected chi connectivity index (χ2v) is 5.75. The smallest absolute Gasteiger partial charge is 0.264 e. The summed E-state index contributed by atoms with van der Waals surface area (Å²) in [6.45, 7) is 0.548. The maximum absolute atomic E-state index is 13.3. The zero-order chi connectivity index (χ0) is 17.2. The fraction of sp³-hybridized carbons (Fsp3) is 0.222. The molecule has 2 aromatic rings. The minimum Gasteiger partial charge on any atom is -0.454 e. The van der Waals surface area contributed by atoms with E-state index in [2.05, 4.69) is 10.5 Å². The number of nitrogens with zero attached hydrogens (tertiary/aromatic N) is 1. The van der Waals surface area contributed by atoms with Crippen LogP contribution < -0.4 is 14.8 Å². The number of hydrogen-bond donors (Lipinski definition) is 1. The minimum absolute atomic E-state index is 0.210. The second-order valence-electron chi connectivity index (χ2n) is 5.75. The summed E-state index contributed by atoms with van der Waals surface area (Å²) >= 11 is 0. The maximum atomic E-state index is 13.3. The van der Waals surface area contributed by atoms with Crippen LogP contribution in [0.15, 0.2) is 47.6 Å². The van der Waals surface area contributed by atoms with Crippen molar-refractivity contribution in [3.63, 3.8) is 0 Å². The molecule has 128 valence electrons. The largest absolute Gasteiger partial charge is 0.454 e. The molecular formula is C18H15FN2O4. The molecule has 0 saturated carbocycles. The van der Waals surface area contributed by atoms with Gasteiger partial charge in [0.1, 0.15) is 5.82 Å². The van der Waals surface area contributed by atoms with Crippen LogP contribution in [0.2, 0.25) is 0 Å². The van der Waals surface area contributed by atoms with Crippen molar-refractivity contribution in [1.82, 2.24) is 5.32 Å². The summed E-state index contributed by atoms with van der Waals surface area (Å²) in [4.78, 5) is 17.4. The lowest BCUT2D eigenvalue weighted by Crippen LogP contribution is -2.34. The third kappa shape index (κ3) is 3.26. The number of carbonyl (C=O) groups excluding carboxylic acids is 1. The van der Waals surface area contributed by atoms with Gasteiger partial charge in [-0.1, -0.05) is 23.4 Å². The SMILES string of the molecule is O=C(NCc1ccc2c(c1)OCO2)[C@@H]1CC(c2cccc(F)c2)=NO1. The van der Waals surface area contributed by atoms with E-state index in [1.54, 1.807) is 18.2 Å². The van der Waals surface area contributed by atoms with Gasteiger partial charge in [0.05, 0.1) is 5.71 Å². The lowest BCUT2D eigenvalue weighted by Gasteiger charge is -2.10. The number of amides is 1. The Balaban J connectivity index is 1.34. The van der Waals surface area contributed by atoms with Gasteiger partial charge < -0.3 is 19.6 Å². The summed E-state index contributed by atoms with van der Waals surface area (Å²) < 4.78 is 23.8. The molecule has 6 nitrogen and oxygen atoms in total. The first-order chi connectivity index (χ1) is 12.2. The number of fused-ring (bicyclic) bond motifs is 1. The van der Waals surface area contributed by atoms with Crippen LogP contribution in [0.25, 0.3) is 0 Å². The predicted octanol–water partition coefficient (Wildman–Crippen LogP) is 2.36. The molecule has 0 aliphatic carbocycles. The Labute approximate surface area is 143 Å². The van der Waals surface area contributed by atoms with E-state index in [1.807, 2.05) is 12.1 Å².